The Morgan fingerprint density at radius 2 is 2.33 bits per heavy atom. The Bertz CT molecular complexity index is 213. The topological polar surface area (TPSA) is 41.5 Å². The van der Waals surface area contributed by atoms with Crippen LogP contribution in [0.5, 0.6) is 0 Å². The molecule has 68 valence electrons. The maximum Gasteiger partial charge on any atom is 0.249 e. The number of nitrogens with one attached hydrogen (secondary N) is 1. The molecule has 1 rings (SSSR count). The second-order valence-corrected chi connectivity index (χ2v) is 4.67. The molecule has 1 amide bonds. The van der Waals surface area contributed by atoms with Gasteiger partial charge in [-0.25, -0.2) is 0 Å². The molecule has 0 fully saturated rings. The van der Waals surface area contributed by atoms with Gasteiger partial charge in [0.15, 0.2) is 0 Å². The van der Waals surface area contributed by atoms with Gasteiger partial charge in [-0.15, -0.1) is 0 Å². The number of amidine groups is 1. The molecule has 0 radical (unpaired) electrons. The lowest BCUT2D eigenvalue weighted by Gasteiger charge is -2.03. The molecule has 0 spiro atoms. The van der Waals surface area contributed by atoms with Crippen LogP contribution in [0.3, 0.4) is 0 Å². The van der Waals surface area contributed by atoms with Crippen LogP contribution in [0.1, 0.15) is 20.8 Å². The maximum absolute atomic E-state index is 11.0. The van der Waals surface area contributed by atoms with E-state index in [1.807, 2.05) is 6.92 Å². The molecule has 12 heavy (non-hydrogen) atoms. The Labute approximate surface area is 77.0 Å². The molecule has 0 aromatic rings. The molecule has 1 atom stereocenters. The maximum atomic E-state index is 11.0. The van der Waals surface area contributed by atoms with Gasteiger partial charge in [0, 0.05) is 0 Å². The Balaban J connectivity index is 2.35. The standard InChI is InChI=1S/C8H14N2OS/c1-5(2)12-4-7-9-6(3)8(11)10-7/h5-6H,4H2,1-3H3,(H,9,10,11). The van der Waals surface area contributed by atoms with Gasteiger partial charge in [0.25, 0.3) is 0 Å². The van der Waals surface area contributed by atoms with E-state index in [1.165, 1.54) is 0 Å². The molecule has 0 bridgehead atoms. The molecule has 4 heteroatoms. The van der Waals surface area contributed by atoms with Crippen LogP contribution in [-0.2, 0) is 4.79 Å². The van der Waals surface area contributed by atoms with E-state index in [0.717, 1.165) is 11.6 Å². The van der Waals surface area contributed by atoms with Gasteiger partial charge in [-0.3, -0.25) is 9.79 Å². The van der Waals surface area contributed by atoms with E-state index >= 15 is 0 Å². The summed E-state index contributed by atoms with van der Waals surface area (Å²) in [6, 6.07) is -0.187. The fourth-order valence-electron chi connectivity index (χ4n) is 0.890. The molecule has 1 aliphatic heterocycles. The third-order valence-corrected chi connectivity index (χ3v) is 2.66. The van der Waals surface area contributed by atoms with Crippen LogP contribution in [0.4, 0.5) is 0 Å². The second-order valence-electron chi connectivity index (χ2n) is 3.10. The average molecular weight is 186 g/mol. The van der Waals surface area contributed by atoms with E-state index in [4.69, 9.17) is 0 Å². The molecule has 3 nitrogen and oxygen atoms in total. The first-order chi connectivity index (χ1) is 5.59. The van der Waals surface area contributed by atoms with Gasteiger partial charge in [-0.05, 0) is 12.2 Å². The molecule has 0 aromatic heterocycles. The van der Waals surface area contributed by atoms with Gasteiger partial charge in [0.05, 0.1) is 5.75 Å². The van der Waals surface area contributed by atoms with Crippen LogP contribution in [0, 0.1) is 0 Å². The lowest BCUT2D eigenvalue weighted by molar-refractivity contribution is -0.119. The molecule has 1 aliphatic rings. The van der Waals surface area contributed by atoms with Crippen molar-refractivity contribution in [2.24, 2.45) is 4.99 Å². The van der Waals surface area contributed by atoms with Crippen molar-refractivity contribution in [1.82, 2.24) is 5.32 Å². The summed E-state index contributed by atoms with van der Waals surface area (Å²) in [4.78, 5) is 15.2. The van der Waals surface area contributed by atoms with E-state index in [-0.39, 0.29) is 11.9 Å². The number of aliphatic imine (C=N–C) groups is 1. The van der Waals surface area contributed by atoms with Crippen LogP contribution in [0.2, 0.25) is 0 Å². The van der Waals surface area contributed by atoms with Crippen molar-refractivity contribution in [1.29, 1.82) is 0 Å². The summed E-state index contributed by atoms with van der Waals surface area (Å²) >= 11 is 1.79. The molecule has 1 heterocycles. The number of amides is 1. The van der Waals surface area contributed by atoms with E-state index in [1.54, 1.807) is 11.8 Å². The zero-order valence-electron chi connectivity index (χ0n) is 7.63. The highest BCUT2D eigenvalue weighted by Gasteiger charge is 2.21. The number of carbonyl (C=O) groups is 1. The zero-order valence-corrected chi connectivity index (χ0v) is 8.44. The highest BCUT2D eigenvalue weighted by Crippen LogP contribution is 2.11. The monoisotopic (exact) mass is 186 g/mol. The van der Waals surface area contributed by atoms with Crippen molar-refractivity contribution in [2.75, 3.05) is 5.75 Å². The lowest BCUT2D eigenvalue weighted by Crippen LogP contribution is -2.28. The molecular weight excluding hydrogens is 172 g/mol. The Morgan fingerprint density at radius 3 is 2.75 bits per heavy atom. The summed E-state index contributed by atoms with van der Waals surface area (Å²) < 4.78 is 0. The van der Waals surface area contributed by atoms with Crippen molar-refractivity contribution >= 4 is 23.5 Å². The summed E-state index contributed by atoms with van der Waals surface area (Å²) in [5, 5.41) is 3.33. The molecule has 0 saturated carbocycles. The first-order valence-corrected chi connectivity index (χ1v) is 5.13. The van der Waals surface area contributed by atoms with Crippen LogP contribution >= 0.6 is 11.8 Å². The van der Waals surface area contributed by atoms with E-state index in [0.29, 0.717) is 5.25 Å². The molecule has 0 saturated heterocycles. The quantitative estimate of drug-likeness (QED) is 0.715. The minimum atomic E-state index is -0.187. The normalized spacial score (nSPS) is 22.8. The van der Waals surface area contributed by atoms with E-state index in [2.05, 4.69) is 24.2 Å². The van der Waals surface area contributed by atoms with Crippen LogP contribution in [0.15, 0.2) is 4.99 Å². The van der Waals surface area contributed by atoms with Crippen molar-refractivity contribution in [3.05, 3.63) is 0 Å². The Morgan fingerprint density at radius 1 is 1.67 bits per heavy atom. The minimum Gasteiger partial charge on any atom is -0.312 e. The molecule has 0 aliphatic carbocycles. The second kappa shape index (κ2) is 3.94. The van der Waals surface area contributed by atoms with E-state index in [9.17, 15) is 4.79 Å². The van der Waals surface area contributed by atoms with Crippen molar-refractivity contribution in [3.8, 4) is 0 Å². The summed E-state index contributed by atoms with van der Waals surface area (Å²) in [5.74, 6) is 1.66. The largest absolute Gasteiger partial charge is 0.312 e. The number of nitrogens with zero attached hydrogens (tertiary/aromatic N) is 1. The van der Waals surface area contributed by atoms with Gasteiger partial charge >= 0.3 is 0 Å². The van der Waals surface area contributed by atoms with E-state index < -0.39 is 0 Å². The summed E-state index contributed by atoms with van der Waals surface area (Å²) in [6.07, 6.45) is 0. The summed E-state index contributed by atoms with van der Waals surface area (Å²) in [6.45, 7) is 6.07. The van der Waals surface area contributed by atoms with Crippen LogP contribution in [-0.4, -0.2) is 28.8 Å². The summed E-state index contributed by atoms with van der Waals surface area (Å²) in [5.41, 5.74) is 0. The number of thioether (sulfide) groups is 1. The van der Waals surface area contributed by atoms with Crippen molar-refractivity contribution < 1.29 is 4.79 Å². The molecule has 1 N–H and O–H groups in total. The summed E-state index contributed by atoms with van der Waals surface area (Å²) in [7, 11) is 0. The molecule has 1 unspecified atom stereocenters. The predicted octanol–water partition coefficient (Wildman–Crippen LogP) is 1.04. The third-order valence-electron chi connectivity index (χ3n) is 1.55. The highest BCUT2D eigenvalue weighted by molar-refractivity contribution is 8.00. The predicted molar refractivity (Wildman–Crippen MR) is 52.6 cm³/mol. The first kappa shape index (κ1) is 9.58. The van der Waals surface area contributed by atoms with Gasteiger partial charge in [-0.1, -0.05) is 13.8 Å². The SMILES string of the molecule is CC(C)SCC1=NC(C)C(=O)N1. The first-order valence-electron chi connectivity index (χ1n) is 4.08. The minimum absolute atomic E-state index is 0.0226. The number of carbonyl (C=O) groups excluding carboxylic acids is 1. The van der Waals surface area contributed by atoms with Crippen LogP contribution in [0.25, 0.3) is 0 Å². The fourth-order valence-corrected chi connectivity index (χ4v) is 1.53. The lowest BCUT2D eigenvalue weighted by atomic mass is 10.4. The number of hydrogen-bond acceptors (Lipinski definition) is 3. The van der Waals surface area contributed by atoms with Gasteiger partial charge in [0.2, 0.25) is 5.91 Å². The average Bonchev–Trinajstić information content (AvgIpc) is 2.28. The molecular formula is C8H14N2OS. The third kappa shape index (κ3) is 2.52. The van der Waals surface area contributed by atoms with Gasteiger partial charge in [0.1, 0.15) is 11.9 Å². The Hall–Kier alpha value is -0.510. The van der Waals surface area contributed by atoms with Crippen molar-refractivity contribution in [2.45, 2.75) is 32.1 Å². The van der Waals surface area contributed by atoms with Gasteiger partial charge < -0.3 is 5.32 Å². The highest BCUT2D eigenvalue weighted by atomic mass is 32.2. The Kier molecular flexibility index (Phi) is 3.14. The zero-order chi connectivity index (χ0) is 9.14. The van der Waals surface area contributed by atoms with Crippen molar-refractivity contribution in [3.63, 3.8) is 0 Å². The van der Waals surface area contributed by atoms with Gasteiger partial charge in [-0.2, -0.15) is 11.8 Å². The number of hydrogen-bond donors (Lipinski definition) is 1. The number of rotatable bonds is 3. The van der Waals surface area contributed by atoms with Crippen LogP contribution < -0.4 is 5.32 Å². The smallest absolute Gasteiger partial charge is 0.249 e. The molecule has 0 aromatic carbocycles. The fraction of sp³-hybridized carbons (Fsp3) is 0.750.